The molecule has 0 radical (unpaired) electrons. The van der Waals surface area contributed by atoms with E-state index in [1.807, 2.05) is 6.07 Å². The Kier molecular flexibility index (Phi) is 3.74. The lowest BCUT2D eigenvalue weighted by Crippen LogP contribution is -2.18. The molecule has 0 bridgehead atoms. The Labute approximate surface area is 105 Å². The van der Waals surface area contributed by atoms with E-state index < -0.39 is 0 Å². The van der Waals surface area contributed by atoms with Crippen LogP contribution >= 0.6 is 11.6 Å². The van der Waals surface area contributed by atoms with Gasteiger partial charge in [0.2, 0.25) is 5.91 Å². The predicted molar refractivity (Wildman–Crippen MR) is 64.6 cm³/mol. The second-order valence-electron chi connectivity index (χ2n) is 3.87. The fourth-order valence-corrected chi connectivity index (χ4v) is 1.90. The second-order valence-corrected chi connectivity index (χ2v) is 4.27. The Hall–Kier alpha value is -1.42. The smallest absolute Gasteiger partial charge is 0.217 e. The fraction of sp³-hybridized carbons (Fsp3) is 0.417. The molecule has 1 N–H and O–H groups in total. The molecule has 1 heterocycles. The van der Waals surface area contributed by atoms with E-state index in [2.05, 4.69) is 5.32 Å². The normalized spacial score (nSPS) is 14.0. The van der Waals surface area contributed by atoms with Gasteiger partial charge >= 0.3 is 0 Å². The predicted octanol–water partition coefficient (Wildman–Crippen LogP) is 2.14. The van der Waals surface area contributed by atoms with E-state index in [1.54, 1.807) is 6.07 Å². The van der Waals surface area contributed by atoms with Crippen molar-refractivity contribution >= 4 is 17.5 Å². The zero-order valence-corrected chi connectivity index (χ0v) is 10.3. The minimum Gasteiger partial charge on any atom is -0.489 e. The molecule has 0 spiro atoms. The summed E-state index contributed by atoms with van der Waals surface area (Å²) in [6, 6.07) is 3.63. The molecule has 4 nitrogen and oxygen atoms in total. The minimum absolute atomic E-state index is 0.0757. The van der Waals surface area contributed by atoms with E-state index in [0.29, 0.717) is 36.3 Å². The molecule has 1 aromatic rings. The highest BCUT2D eigenvalue weighted by atomic mass is 35.5. The van der Waals surface area contributed by atoms with Gasteiger partial charge in [-0.1, -0.05) is 11.6 Å². The molecular formula is C12H14ClNO3. The largest absolute Gasteiger partial charge is 0.489 e. The molecular weight excluding hydrogens is 242 g/mol. The number of fused-ring (bicyclic) bond motifs is 1. The van der Waals surface area contributed by atoms with Crippen LogP contribution in [-0.4, -0.2) is 19.1 Å². The molecule has 5 heteroatoms. The molecule has 0 saturated carbocycles. The summed E-state index contributed by atoms with van der Waals surface area (Å²) in [6.07, 6.45) is 0.839. The molecule has 1 aromatic carbocycles. The fourth-order valence-electron chi connectivity index (χ4n) is 1.61. The highest BCUT2D eigenvalue weighted by Gasteiger charge is 2.15. The first kappa shape index (κ1) is 12.0. The maximum Gasteiger partial charge on any atom is 0.217 e. The zero-order valence-electron chi connectivity index (χ0n) is 9.59. The van der Waals surface area contributed by atoms with Gasteiger partial charge in [-0.25, -0.2) is 0 Å². The van der Waals surface area contributed by atoms with Crippen LogP contribution in [0.4, 0.5) is 0 Å². The quantitative estimate of drug-likeness (QED) is 0.881. The van der Waals surface area contributed by atoms with E-state index in [1.165, 1.54) is 6.92 Å². The summed E-state index contributed by atoms with van der Waals surface area (Å²) in [5, 5.41) is 3.24. The number of hydrogen-bond acceptors (Lipinski definition) is 3. The van der Waals surface area contributed by atoms with E-state index in [9.17, 15) is 4.79 Å². The standard InChI is InChI=1S/C12H14ClNO3/c1-8(15)14-7-9-5-10(13)12-11(6-9)16-3-2-4-17-12/h5-6H,2-4,7H2,1H3,(H,14,15). The van der Waals surface area contributed by atoms with Crippen molar-refractivity contribution < 1.29 is 14.3 Å². The minimum atomic E-state index is -0.0757. The third kappa shape index (κ3) is 3.03. The molecule has 0 aliphatic carbocycles. The van der Waals surface area contributed by atoms with Crippen LogP contribution in [-0.2, 0) is 11.3 Å². The number of carbonyl (C=O) groups excluding carboxylic acids is 1. The van der Waals surface area contributed by atoms with Crippen LogP contribution in [0.25, 0.3) is 0 Å². The van der Waals surface area contributed by atoms with Crippen LogP contribution in [0.3, 0.4) is 0 Å². The van der Waals surface area contributed by atoms with Gasteiger partial charge in [0, 0.05) is 19.9 Å². The third-order valence-electron chi connectivity index (χ3n) is 2.40. The Morgan fingerprint density at radius 1 is 1.41 bits per heavy atom. The number of amides is 1. The Morgan fingerprint density at radius 2 is 2.18 bits per heavy atom. The molecule has 0 fully saturated rings. The zero-order chi connectivity index (χ0) is 12.3. The molecule has 17 heavy (non-hydrogen) atoms. The monoisotopic (exact) mass is 255 g/mol. The summed E-state index contributed by atoms with van der Waals surface area (Å²) in [5.74, 6) is 1.17. The summed E-state index contributed by atoms with van der Waals surface area (Å²) in [7, 11) is 0. The van der Waals surface area contributed by atoms with Gasteiger partial charge in [0.25, 0.3) is 0 Å². The molecule has 0 atom stereocenters. The maximum absolute atomic E-state index is 10.8. The molecule has 0 unspecified atom stereocenters. The van der Waals surface area contributed by atoms with E-state index in [0.717, 1.165) is 12.0 Å². The van der Waals surface area contributed by atoms with Crippen molar-refractivity contribution in [1.29, 1.82) is 0 Å². The molecule has 1 amide bonds. The SMILES string of the molecule is CC(=O)NCc1cc(Cl)c2c(c1)OCCCO2. The lowest BCUT2D eigenvalue weighted by atomic mass is 10.2. The molecule has 1 aliphatic rings. The van der Waals surface area contributed by atoms with Crippen molar-refractivity contribution in [3.8, 4) is 11.5 Å². The number of nitrogens with one attached hydrogen (secondary N) is 1. The molecule has 0 saturated heterocycles. The van der Waals surface area contributed by atoms with Crippen molar-refractivity contribution in [2.45, 2.75) is 19.9 Å². The highest BCUT2D eigenvalue weighted by molar-refractivity contribution is 6.32. The van der Waals surface area contributed by atoms with Crippen LogP contribution in [0.1, 0.15) is 18.9 Å². The number of halogens is 1. The summed E-state index contributed by atoms with van der Waals surface area (Å²) < 4.78 is 11.1. The van der Waals surface area contributed by atoms with E-state index in [-0.39, 0.29) is 5.91 Å². The van der Waals surface area contributed by atoms with E-state index >= 15 is 0 Å². The summed E-state index contributed by atoms with van der Waals surface area (Å²) in [4.78, 5) is 10.8. The van der Waals surface area contributed by atoms with Crippen molar-refractivity contribution in [3.63, 3.8) is 0 Å². The first-order chi connectivity index (χ1) is 8.16. The van der Waals surface area contributed by atoms with Gasteiger partial charge < -0.3 is 14.8 Å². The van der Waals surface area contributed by atoms with Crippen LogP contribution in [0.15, 0.2) is 12.1 Å². The highest BCUT2D eigenvalue weighted by Crippen LogP contribution is 2.37. The lowest BCUT2D eigenvalue weighted by Gasteiger charge is -2.11. The van der Waals surface area contributed by atoms with Gasteiger partial charge in [-0.3, -0.25) is 4.79 Å². The van der Waals surface area contributed by atoms with Crippen LogP contribution < -0.4 is 14.8 Å². The van der Waals surface area contributed by atoms with Gasteiger partial charge in [0.15, 0.2) is 11.5 Å². The molecule has 0 aromatic heterocycles. The summed E-state index contributed by atoms with van der Waals surface area (Å²) in [5.41, 5.74) is 0.898. The second kappa shape index (κ2) is 5.27. The number of benzene rings is 1. The number of hydrogen-bond donors (Lipinski definition) is 1. The number of rotatable bonds is 2. The van der Waals surface area contributed by atoms with Crippen LogP contribution in [0.2, 0.25) is 5.02 Å². The Balaban J connectivity index is 2.22. The summed E-state index contributed by atoms with van der Waals surface area (Å²) in [6.45, 7) is 3.14. The molecule has 2 rings (SSSR count). The van der Waals surface area contributed by atoms with Gasteiger partial charge in [-0.15, -0.1) is 0 Å². The van der Waals surface area contributed by atoms with Crippen molar-refractivity contribution in [2.24, 2.45) is 0 Å². The topological polar surface area (TPSA) is 47.6 Å². The third-order valence-corrected chi connectivity index (χ3v) is 2.68. The molecule has 92 valence electrons. The number of carbonyl (C=O) groups is 1. The van der Waals surface area contributed by atoms with Gasteiger partial charge in [0.1, 0.15) is 0 Å². The Morgan fingerprint density at radius 3 is 2.94 bits per heavy atom. The van der Waals surface area contributed by atoms with Gasteiger partial charge in [0.05, 0.1) is 18.2 Å². The van der Waals surface area contributed by atoms with Crippen molar-refractivity contribution in [1.82, 2.24) is 5.32 Å². The average Bonchev–Trinajstić information content (AvgIpc) is 2.51. The Bertz CT molecular complexity index is 434. The maximum atomic E-state index is 10.8. The van der Waals surface area contributed by atoms with Crippen LogP contribution in [0, 0.1) is 0 Å². The lowest BCUT2D eigenvalue weighted by molar-refractivity contribution is -0.119. The average molecular weight is 256 g/mol. The van der Waals surface area contributed by atoms with Crippen molar-refractivity contribution in [2.75, 3.05) is 13.2 Å². The number of ether oxygens (including phenoxy) is 2. The first-order valence-electron chi connectivity index (χ1n) is 5.49. The molecule has 1 aliphatic heterocycles. The summed E-state index contributed by atoms with van der Waals surface area (Å²) >= 11 is 6.12. The van der Waals surface area contributed by atoms with Crippen molar-refractivity contribution in [3.05, 3.63) is 22.7 Å². The van der Waals surface area contributed by atoms with Crippen LogP contribution in [0.5, 0.6) is 11.5 Å². The van der Waals surface area contributed by atoms with E-state index in [4.69, 9.17) is 21.1 Å². The first-order valence-corrected chi connectivity index (χ1v) is 5.87. The van der Waals surface area contributed by atoms with Gasteiger partial charge in [-0.05, 0) is 17.7 Å². The van der Waals surface area contributed by atoms with Gasteiger partial charge in [-0.2, -0.15) is 0 Å².